The molecule has 0 aliphatic carbocycles. The molecule has 1 atom stereocenters. The van der Waals surface area contributed by atoms with Crippen LogP contribution in [0.1, 0.15) is 41.0 Å². The number of aromatic nitrogens is 4. The highest BCUT2D eigenvalue weighted by molar-refractivity contribution is 5.92. The van der Waals surface area contributed by atoms with Crippen molar-refractivity contribution in [1.29, 1.82) is 0 Å². The first-order valence-corrected chi connectivity index (χ1v) is 6.91. The van der Waals surface area contributed by atoms with Gasteiger partial charge in [0.2, 0.25) is 5.89 Å². The van der Waals surface area contributed by atoms with E-state index in [0.717, 1.165) is 0 Å². The second kappa shape index (κ2) is 5.94. The number of hydrogen-bond donors (Lipinski definition) is 0. The van der Waals surface area contributed by atoms with E-state index < -0.39 is 18.0 Å². The zero-order chi connectivity index (χ0) is 16.4. The first-order valence-electron chi connectivity index (χ1n) is 6.91. The number of alkyl halides is 3. The van der Waals surface area contributed by atoms with Crippen molar-refractivity contribution in [2.45, 2.75) is 24.9 Å². The molecule has 10 heteroatoms. The molecule has 7 nitrogen and oxygen atoms in total. The minimum Gasteiger partial charge on any atom is -0.417 e. The van der Waals surface area contributed by atoms with Gasteiger partial charge in [0.05, 0.1) is 12.1 Å². The molecule has 0 saturated carbocycles. The van der Waals surface area contributed by atoms with E-state index in [2.05, 4.69) is 20.2 Å². The van der Waals surface area contributed by atoms with Crippen LogP contribution < -0.4 is 0 Å². The molecule has 122 valence electrons. The van der Waals surface area contributed by atoms with Gasteiger partial charge < -0.3 is 9.32 Å². The highest BCUT2D eigenvalue weighted by Crippen LogP contribution is 2.32. The molecule has 0 N–H and O–H groups in total. The lowest BCUT2D eigenvalue weighted by atomic mass is 9.98. The summed E-state index contributed by atoms with van der Waals surface area (Å²) in [7, 11) is 0. The molecule has 1 saturated heterocycles. The van der Waals surface area contributed by atoms with Crippen LogP contribution in [0.3, 0.4) is 0 Å². The van der Waals surface area contributed by atoms with Gasteiger partial charge in [-0.15, -0.1) is 10.2 Å². The summed E-state index contributed by atoms with van der Waals surface area (Å²) in [6.45, 7) is 0.696. The van der Waals surface area contributed by atoms with Gasteiger partial charge >= 0.3 is 12.1 Å². The molecular formula is C13H12F3N5O2. The van der Waals surface area contributed by atoms with E-state index in [1.54, 1.807) is 0 Å². The van der Waals surface area contributed by atoms with Crippen molar-refractivity contribution >= 4 is 5.91 Å². The van der Waals surface area contributed by atoms with Gasteiger partial charge in [0.1, 0.15) is 5.69 Å². The van der Waals surface area contributed by atoms with E-state index in [9.17, 15) is 18.0 Å². The van der Waals surface area contributed by atoms with E-state index in [1.807, 2.05) is 0 Å². The number of carbonyl (C=O) groups is 1. The maximum Gasteiger partial charge on any atom is 0.470 e. The fourth-order valence-corrected chi connectivity index (χ4v) is 2.45. The Hall–Kier alpha value is -2.52. The summed E-state index contributed by atoms with van der Waals surface area (Å²) >= 11 is 0. The molecule has 1 amide bonds. The number of amides is 1. The lowest BCUT2D eigenvalue weighted by molar-refractivity contribution is -0.157. The number of likely N-dealkylation sites (tertiary alicyclic amines) is 1. The number of carbonyl (C=O) groups excluding carboxylic acids is 1. The molecule has 3 rings (SSSR count). The molecule has 1 aliphatic rings. The first kappa shape index (κ1) is 15.4. The maximum absolute atomic E-state index is 12.5. The fraction of sp³-hybridized carbons (Fsp3) is 0.462. The number of nitrogens with zero attached hydrogens (tertiary/aromatic N) is 5. The fourth-order valence-electron chi connectivity index (χ4n) is 2.45. The van der Waals surface area contributed by atoms with Crippen LogP contribution in [0.2, 0.25) is 0 Å². The average Bonchev–Trinajstić information content (AvgIpc) is 3.05. The largest absolute Gasteiger partial charge is 0.470 e. The number of rotatable bonds is 2. The summed E-state index contributed by atoms with van der Waals surface area (Å²) in [5, 5.41) is 6.49. The summed E-state index contributed by atoms with van der Waals surface area (Å²) in [6.07, 6.45) is 0.731. The van der Waals surface area contributed by atoms with Crippen LogP contribution in [0.4, 0.5) is 13.2 Å². The molecule has 2 aromatic heterocycles. The molecule has 0 aromatic carbocycles. The Morgan fingerprint density at radius 1 is 1.30 bits per heavy atom. The van der Waals surface area contributed by atoms with Crippen molar-refractivity contribution in [2.24, 2.45) is 0 Å². The van der Waals surface area contributed by atoms with Crippen molar-refractivity contribution < 1.29 is 22.4 Å². The van der Waals surface area contributed by atoms with Gasteiger partial charge in [-0.1, -0.05) is 0 Å². The molecule has 0 radical (unpaired) electrons. The Morgan fingerprint density at radius 2 is 2.13 bits per heavy atom. The van der Waals surface area contributed by atoms with Crippen molar-refractivity contribution in [3.63, 3.8) is 0 Å². The third-order valence-electron chi connectivity index (χ3n) is 3.52. The Kier molecular flexibility index (Phi) is 3.97. The van der Waals surface area contributed by atoms with Gasteiger partial charge in [-0.05, 0) is 12.8 Å². The highest BCUT2D eigenvalue weighted by atomic mass is 19.4. The molecule has 0 bridgehead atoms. The third-order valence-corrected chi connectivity index (χ3v) is 3.52. The molecule has 3 heterocycles. The topological polar surface area (TPSA) is 85.0 Å². The van der Waals surface area contributed by atoms with E-state index >= 15 is 0 Å². The lowest BCUT2D eigenvalue weighted by Crippen LogP contribution is -2.39. The minimum absolute atomic E-state index is 0.103. The molecule has 1 aliphatic heterocycles. The summed E-state index contributed by atoms with van der Waals surface area (Å²) in [5.74, 6) is -2.22. The zero-order valence-corrected chi connectivity index (χ0v) is 11.8. The Labute approximate surface area is 128 Å². The molecular weight excluding hydrogens is 315 g/mol. The predicted octanol–water partition coefficient (Wildman–Crippen LogP) is 1.90. The van der Waals surface area contributed by atoms with Crippen LogP contribution in [-0.2, 0) is 6.18 Å². The maximum atomic E-state index is 12.5. The van der Waals surface area contributed by atoms with Crippen molar-refractivity contribution in [2.75, 3.05) is 13.1 Å². The summed E-state index contributed by atoms with van der Waals surface area (Å²) in [5.41, 5.74) is 0.189. The summed E-state index contributed by atoms with van der Waals surface area (Å²) < 4.78 is 42.3. The van der Waals surface area contributed by atoms with Crippen LogP contribution in [0.5, 0.6) is 0 Å². The quantitative estimate of drug-likeness (QED) is 0.837. The third kappa shape index (κ3) is 3.30. The molecule has 1 fully saturated rings. The molecule has 2 aromatic rings. The number of halogens is 3. The predicted molar refractivity (Wildman–Crippen MR) is 69.2 cm³/mol. The second-order valence-electron chi connectivity index (χ2n) is 5.12. The monoisotopic (exact) mass is 327 g/mol. The Balaban J connectivity index is 1.73. The zero-order valence-electron chi connectivity index (χ0n) is 11.8. The second-order valence-corrected chi connectivity index (χ2v) is 5.12. The molecule has 23 heavy (non-hydrogen) atoms. The van der Waals surface area contributed by atoms with Gasteiger partial charge in [-0.25, -0.2) is 4.98 Å². The lowest BCUT2D eigenvalue weighted by Gasteiger charge is -2.30. The van der Waals surface area contributed by atoms with Crippen molar-refractivity contribution in [3.8, 4) is 0 Å². The van der Waals surface area contributed by atoms with Crippen LogP contribution in [0.25, 0.3) is 0 Å². The van der Waals surface area contributed by atoms with Gasteiger partial charge in [-0.3, -0.25) is 9.78 Å². The highest BCUT2D eigenvalue weighted by Gasteiger charge is 2.39. The number of piperidine rings is 1. The van der Waals surface area contributed by atoms with E-state index in [0.29, 0.717) is 19.4 Å². The smallest absolute Gasteiger partial charge is 0.417 e. The van der Waals surface area contributed by atoms with Crippen LogP contribution in [-0.4, -0.2) is 44.1 Å². The normalized spacial score (nSPS) is 18.9. The SMILES string of the molecule is O=C(c1cnccn1)N1CCCC(c2nnc(C(F)(F)F)o2)C1. The standard InChI is InChI=1S/C13H12F3N5O2/c14-13(15,16)12-20-19-10(23-12)8-2-1-5-21(7-8)11(22)9-6-17-3-4-18-9/h3-4,6,8H,1-2,5,7H2. The Bertz CT molecular complexity index is 688. The average molecular weight is 327 g/mol. The summed E-state index contributed by atoms with van der Waals surface area (Å²) in [6, 6.07) is 0. The van der Waals surface area contributed by atoms with E-state index in [4.69, 9.17) is 4.42 Å². The van der Waals surface area contributed by atoms with Gasteiger partial charge in [0.25, 0.3) is 5.91 Å². The van der Waals surface area contributed by atoms with Gasteiger partial charge in [0, 0.05) is 25.5 Å². The van der Waals surface area contributed by atoms with Gasteiger partial charge in [-0.2, -0.15) is 13.2 Å². The minimum atomic E-state index is -4.67. The van der Waals surface area contributed by atoms with E-state index in [1.165, 1.54) is 23.5 Å². The van der Waals surface area contributed by atoms with Crippen LogP contribution in [0.15, 0.2) is 23.0 Å². The number of hydrogen-bond acceptors (Lipinski definition) is 6. The van der Waals surface area contributed by atoms with E-state index in [-0.39, 0.29) is 24.0 Å². The molecule has 0 spiro atoms. The summed E-state index contributed by atoms with van der Waals surface area (Å²) in [4.78, 5) is 21.6. The van der Waals surface area contributed by atoms with Crippen LogP contribution >= 0.6 is 0 Å². The Morgan fingerprint density at radius 3 is 2.78 bits per heavy atom. The van der Waals surface area contributed by atoms with Crippen LogP contribution in [0, 0.1) is 0 Å². The van der Waals surface area contributed by atoms with Crippen molar-refractivity contribution in [3.05, 3.63) is 36.1 Å². The van der Waals surface area contributed by atoms with Gasteiger partial charge in [0.15, 0.2) is 0 Å². The van der Waals surface area contributed by atoms with Crippen molar-refractivity contribution in [1.82, 2.24) is 25.1 Å². The molecule has 1 unspecified atom stereocenters. The first-order chi connectivity index (χ1) is 10.9.